The molecule has 3 rings (SSSR count). The zero-order chi connectivity index (χ0) is 21.7. The number of allylic oxidation sites excluding steroid dienone is 4. The Balaban J connectivity index is 1.88. The van der Waals surface area contributed by atoms with E-state index in [1.54, 1.807) is 6.08 Å². The Morgan fingerprint density at radius 1 is 1.27 bits per heavy atom. The van der Waals surface area contributed by atoms with Gasteiger partial charge in [-0.2, -0.15) is 0 Å². The fraction of sp³-hybridized carbons (Fsp3) is 0.640. The van der Waals surface area contributed by atoms with Crippen LogP contribution in [0, 0.1) is 18.8 Å². The second-order valence-corrected chi connectivity index (χ2v) is 9.07. The Kier molecular flexibility index (Phi) is 7.54. The van der Waals surface area contributed by atoms with E-state index in [2.05, 4.69) is 16.8 Å². The van der Waals surface area contributed by atoms with Crippen molar-refractivity contribution in [3.05, 3.63) is 41.2 Å². The highest BCUT2D eigenvalue weighted by molar-refractivity contribution is 5.97. The summed E-state index contributed by atoms with van der Waals surface area (Å²) in [7, 11) is 0. The van der Waals surface area contributed by atoms with Crippen molar-refractivity contribution in [3.8, 4) is 0 Å². The van der Waals surface area contributed by atoms with Crippen LogP contribution >= 0.6 is 0 Å². The lowest BCUT2D eigenvalue weighted by Gasteiger charge is -2.26. The summed E-state index contributed by atoms with van der Waals surface area (Å²) in [4.78, 5) is 12.8. The number of alkyl halides is 2. The van der Waals surface area contributed by atoms with E-state index in [-0.39, 0.29) is 5.91 Å². The average molecular weight is 419 g/mol. The number of carbonyl (C=O) groups is 1. The fourth-order valence-electron chi connectivity index (χ4n) is 4.64. The van der Waals surface area contributed by atoms with Gasteiger partial charge in [0.1, 0.15) is 0 Å². The van der Waals surface area contributed by atoms with Crippen LogP contribution in [0.15, 0.2) is 24.3 Å². The Morgan fingerprint density at radius 3 is 2.60 bits per heavy atom. The zero-order valence-corrected chi connectivity index (χ0v) is 18.6. The van der Waals surface area contributed by atoms with Crippen LogP contribution in [-0.4, -0.2) is 22.9 Å². The van der Waals surface area contributed by atoms with Crippen molar-refractivity contribution in [2.75, 3.05) is 6.54 Å². The molecule has 2 aliphatic rings. The summed E-state index contributed by atoms with van der Waals surface area (Å²) in [5.41, 5.74) is 3.60. The second-order valence-electron chi connectivity index (χ2n) is 9.07. The maximum absolute atomic E-state index is 13.7. The molecule has 1 saturated carbocycles. The van der Waals surface area contributed by atoms with Crippen LogP contribution in [0.2, 0.25) is 0 Å². The predicted molar refractivity (Wildman–Crippen MR) is 119 cm³/mol. The maximum atomic E-state index is 13.7. The molecule has 1 amide bonds. The molecule has 1 aromatic rings. The maximum Gasteiger partial charge on any atom is 0.253 e. The summed E-state index contributed by atoms with van der Waals surface area (Å²) in [6.45, 7) is 6.66. The van der Waals surface area contributed by atoms with Gasteiger partial charge in [0.05, 0.1) is 5.56 Å². The molecule has 0 bridgehead atoms. The first kappa shape index (κ1) is 22.8. The Morgan fingerprint density at radius 2 is 2.00 bits per heavy atom. The molecule has 1 aromatic heterocycles. The monoisotopic (exact) mass is 418 g/mol. The average Bonchev–Trinajstić information content (AvgIpc) is 3.05. The first-order chi connectivity index (χ1) is 14.3. The Hall–Kier alpha value is -1.91. The summed E-state index contributed by atoms with van der Waals surface area (Å²) >= 11 is 0. The molecule has 1 heterocycles. The predicted octanol–water partition coefficient (Wildman–Crippen LogP) is 6.52. The number of carbonyl (C=O) groups excluding carboxylic acids is 1. The number of aromatic nitrogens is 1. The van der Waals surface area contributed by atoms with E-state index < -0.39 is 11.8 Å². The van der Waals surface area contributed by atoms with E-state index in [4.69, 9.17) is 0 Å². The molecule has 1 fully saturated rings. The largest absolute Gasteiger partial charge is 0.352 e. The van der Waals surface area contributed by atoms with Gasteiger partial charge in [-0.3, -0.25) is 4.79 Å². The minimum absolute atomic E-state index is 0.0389. The molecule has 0 aromatic carbocycles. The zero-order valence-electron chi connectivity index (χ0n) is 18.6. The minimum Gasteiger partial charge on any atom is -0.352 e. The van der Waals surface area contributed by atoms with Crippen LogP contribution < -0.4 is 5.32 Å². The molecule has 0 spiro atoms. The first-order valence-corrected chi connectivity index (χ1v) is 11.6. The molecule has 1 atom stereocenters. The molecule has 166 valence electrons. The SMILES string of the molecule is CCCCNC(=O)c1cc(C2=CCC(C(C)(F)F)C=C2)n(CC2CCCCC2)c1C. The molecule has 30 heavy (non-hydrogen) atoms. The molecule has 1 N–H and O–H groups in total. The van der Waals surface area contributed by atoms with E-state index in [1.807, 2.05) is 25.1 Å². The summed E-state index contributed by atoms with van der Waals surface area (Å²) in [6, 6.07) is 1.96. The highest BCUT2D eigenvalue weighted by Crippen LogP contribution is 2.36. The highest BCUT2D eigenvalue weighted by atomic mass is 19.3. The van der Waals surface area contributed by atoms with E-state index in [0.29, 0.717) is 24.4 Å². The van der Waals surface area contributed by atoms with Crippen LogP contribution in [0.3, 0.4) is 0 Å². The molecule has 0 radical (unpaired) electrons. The third kappa shape index (κ3) is 5.41. The number of nitrogens with zero attached hydrogens (tertiary/aromatic N) is 1. The van der Waals surface area contributed by atoms with Gasteiger partial charge in [0, 0.05) is 30.4 Å². The van der Waals surface area contributed by atoms with Crippen molar-refractivity contribution in [1.82, 2.24) is 9.88 Å². The molecular weight excluding hydrogens is 382 g/mol. The number of rotatable bonds is 8. The Labute approximate surface area is 179 Å². The summed E-state index contributed by atoms with van der Waals surface area (Å²) in [5.74, 6) is -2.91. The van der Waals surface area contributed by atoms with Crippen molar-refractivity contribution in [2.45, 2.75) is 84.6 Å². The van der Waals surface area contributed by atoms with Crippen molar-refractivity contribution in [3.63, 3.8) is 0 Å². The fourth-order valence-corrected chi connectivity index (χ4v) is 4.64. The van der Waals surface area contributed by atoms with Gasteiger partial charge >= 0.3 is 0 Å². The molecule has 2 aliphatic carbocycles. The van der Waals surface area contributed by atoms with Crippen LogP contribution in [0.4, 0.5) is 8.78 Å². The van der Waals surface area contributed by atoms with Gasteiger partial charge in [-0.15, -0.1) is 0 Å². The van der Waals surface area contributed by atoms with Crippen LogP contribution in [0.5, 0.6) is 0 Å². The summed E-state index contributed by atoms with van der Waals surface area (Å²) in [6.07, 6.45) is 13.9. The van der Waals surface area contributed by atoms with Crippen molar-refractivity contribution < 1.29 is 13.6 Å². The van der Waals surface area contributed by atoms with Crippen LogP contribution in [-0.2, 0) is 6.54 Å². The normalized spacial score (nSPS) is 20.3. The molecule has 1 unspecified atom stereocenters. The van der Waals surface area contributed by atoms with Gasteiger partial charge in [0.2, 0.25) is 0 Å². The van der Waals surface area contributed by atoms with Crippen molar-refractivity contribution in [1.29, 1.82) is 0 Å². The summed E-state index contributed by atoms with van der Waals surface area (Å²) in [5, 5.41) is 3.03. The Bertz CT molecular complexity index is 795. The van der Waals surface area contributed by atoms with Crippen LogP contribution in [0.1, 0.15) is 87.0 Å². The van der Waals surface area contributed by atoms with Gasteiger partial charge in [-0.1, -0.05) is 50.8 Å². The van der Waals surface area contributed by atoms with Crippen molar-refractivity contribution >= 4 is 11.5 Å². The number of unbranched alkanes of at least 4 members (excludes halogenated alkanes) is 1. The lowest BCUT2D eigenvalue weighted by atomic mass is 9.88. The molecular formula is C25H36F2N2O. The van der Waals surface area contributed by atoms with E-state index in [0.717, 1.165) is 43.3 Å². The van der Waals surface area contributed by atoms with E-state index >= 15 is 0 Å². The number of hydrogen-bond donors (Lipinski definition) is 1. The van der Waals surface area contributed by atoms with E-state index in [9.17, 15) is 13.6 Å². The third-order valence-electron chi connectivity index (χ3n) is 6.64. The number of nitrogens with one attached hydrogen (secondary N) is 1. The third-order valence-corrected chi connectivity index (χ3v) is 6.64. The number of halogens is 2. The first-order valence-electron chi connectivity index (χ1n) is 11.6. The van der Waals surface area contributed by atoms with Gasteiger partial charge < -0.3 is 9.88 Å². The lowest BCUT2D eigenvalue weighted by molar-refractivity contribution is -0.0200. The van der Waals surface area contributed by atoms with Gasteiger partial charge in [0.15, 0.2) is 0 Å². The topological polar surface area (TPSA) is 34.0 Å². The van der Waals surface area contributed by atoms with Crippen molar-refractivity contribution in [2.24, 2.45) is 11.8 Å². The van der Waals surface area contributed by atoms with Gasteiger partial charge in [-0.25, -0.2) is 8.78 Å². The van der Waals surface area contributed by atoms with Crippen LogP contribution in [0.25, 0.3) is 5.57 Å². The van der Waals surface area contributed by atoms with Gasteiger partial charge in [0.25, 0.3) is 11.8 Å². The molecule has 0 saturated heterocycles. The number of hydrogen-bond acceptors (Lipinski definition) is 1. The van der Waals surface area contributed by atoms with Gasteiger partial charge in [-0.05, 0) is 57.1 Å². The standard InChI is InChI=1S/C25H36F2N2O/c1-4-5-15-28-24(30)22-16-23(20-11-13-21(14-12-20)25(3,26)27)29(18(22)2)17-19-9-7-6-8-10-19/h11-13,16,19,21H,4-10,14-15,17H2,1-3H3,(H,28,30). The summed E-state index contributed by atoms with van der Waals surface area (Å²) < 4.78 is 29.7. The molecule has 5 heteroatoms. The second kappa shape index (κ2) is 9.93. The molecule has 3 nitrogen and oxygen atoms in total. The number of amides is 1. The van der Waals surface area contributed by atoms with E-state index in [1.165, 1.54) is 32.1 Å². The highest BCUT2D eigenvalue weighted by Gasteiger charge is 2.33. The molecule has 0 aliphatic heterocycles. The smallest absolute Gasteiger partial charge is 0.253 e. The lowest BCUT2D eigenvalue weighted by Crippen LogP contribution is -2.25. The minimum atomic E-state index is -2.72. The quantitative estimate of drug-likeness (QED) is 0.479.